The van der Waals surface area contributed by atoms with Crippen LogP contribution in [0.5, 0.6) is 0 Å². The predicted molar refractivity (Wildman–Crippen MR) is 79.6 cm³/mol. The number of aldehydes is 1. The average Bonchev–Trinajstić information content (AvgIpc) is 3.30. The van der Waals surface area contributed by atoms with Crippen molar-refractivity contribution >= 4 is 6.29 Å². The van der Waals surface area contributed by atoms with Gasteiger partial charge in [0.1, 0.15) is 6.29 Å². The lowest BCUT2D eigenvalue weighted by atomic mass is 9.93. The first kappa shape index (κ1) is 16.0. The molecule has 3 nitrogen and oxygen atoms in total. The topological polar surface area (TPSA) is 46.5 Å². The van der Waals surface area contributed by atoms with Crippen LogP contribution >= 0.6 is 0 Å². The molecule has 0 amide bonds. The minimum absolute atomic E-state index is 0.152. The molecule has 0 saturated heterocycles. The summed E-state index contributed by atoms with van der Waals surface area (Å²) in [6.45, 7) is 0.886. The number of carbonyl (C=O) groups excluding carboxylic acids is 1. The van der Waals surface area contributed by atoms with Crippen LogP contribution in [0.25, 0.3) is 0 Å². The predicted octanol–water partition coefficient (Wildman–Crippen LogP) is 3.48. The Labute approximate surface area is 123 Å². The van der Waals surface area contributed by atoms with Gasteiger partial charge in [-0.05, 0) is 62.2 Å². The summed E-state index contributed by atoms with van der Waals surface area (Å²) in [6, 6.07) is 0. The first-order chi connectivity index (χ1) is 9.64. The zero-order valence-electron chi connectivity index (χ0n) is 12.9. The third-order valence-corrected chi connectivity index (χ3v) is 5.37. The second-order valence-corrected chi connectivity index (χ2v) is 7.24. The molecule has 1 N–H and O–H groups in total. The number of methoxy groups -OCH3 is 1. The molecule has 0 aliphatic heterocycles. The van der Waals surface area contributed by atoms with Crippen LogP contribution in [0.4, 0.5) is 0 Å². The van der Waals surface area contributed by atoms with Crippen LogP contribution in [-0.4, -0.2) is 31.2 Å². The number of ether oxygens (including phenoxy) is 1. The number of hydrogen-bond donors (Lipinski definition) is 1. The van der Waals surface area contributed by atoms with Crippen LogP contribution < -0.4 is 0 Å². The molecule has 0 aromatic rings. The van der Waals surface area contributed by atoms with Crippen LogP contribution in [0, 0.1) is 10.8 Å². The quantitative estimate of drug-likeness (QED) is 0.557. The van der Waals surface area contributed by atoms with E-state index >= 15 is 0 Å². The summed E-state index contributed by atoms with van der Waals surface area (Å²) >= 11 is 0. The standard InChI is InChI=1S/C17H30O3/c1-20-14-17(10-11-17)7-3-5-15(19)4-2-6-16(8-9-16)12-13-18/h13,15,19H,2-12,14H2,1H3. The van der Waals surface area contributed by atoms with Gasteiger partial charge in [-0.2, -0.15) is 0 Å². The van der Waals surface area contributed by atoms with Crippen molar-refractivity contribution in [1.82, 2.24) is 0 Å². The maximum atomic E-state index is 10.6. The molecule has 0 bridgehead atoms. The highest BCUT2D eigenvalue weighted by Gasteiger charge is 2.42. The third kappa shape index (κ3) is 4.85. The first-order valence-corrected chi connectivity index (χ1v) is 8.24. The summed E-state index contributed by atoms with van der Waals surface area (Å²) in [5.41, 5.74) is 0.786. The smallest absolute Gasteiger partial charge is 0.120 e. The van der Waals surface area contributed by atoms with Crippen LogP contribution in [0.3, 0.4) is 0 Å². The van der Waals surface area contributed by atoms with E-state index < -0.39 is 0 Å². The SMILES string of the molecule is COCC1(CCCC(O)CCCC2(CC=O)CC2)CC1. The zero-order chi connectivity index (χ0) is 14.5. The van der Waals surface area contributed by atoms with Gasteiger partial charge in [-0.15, -0.1) is 0 Å². The van der Waals surface area contributed by atoms with E-state index in [0.29, 0.717) is 10.8 Å². The first-order valence-electron chi connectivity index (χ1n) is 8.24. The van der Waals surface area contributed by atoms with Gasteiger partial charge in [-0.3, -0.25) is 0 Å². The van der Waals surface area contributed by atoms with Gasteiger partial charge in [-0.1, -0.05) is 12.8 Å². The Morgan fingerprint density at radius 3 is 2.10 bits per heavy atom. The van der Waals surface area contributed by atoms with Gasteiger partial charge < -0.3 is 14.6 Å². The van der Waals surface area contributed by atoms with E-state index in [1.54, 1.807) is 7.11 Å². The van der Waals surface area contributed by atoms with Crippen molar-refractivity contribution in [1.29, 1.82) is 0 Å². The average molecular weight is 282 g/mol. The molecule has 2 aliphatic carbocycles. The van der Waals surface area contributed by atoms with Crippen molar-refractivity contribution in [2.24, 2.45) is 10.8 Å². The minimum atomic E-state index is -0.152. The van der Waals surface area contributed by atoms with E-state index in [4.69, 9.17) is 4.74 Å². The molecule has 2 saturated carbocycles. The highest BCUT2D eigenvalue weighted by atomic mass is 16.5. The monoisotopic (exact) mass is 282 g/mol. The molecule has 0 aromatic carbocycles. The van der Waals surface area contributed by atoms with E-state index in [9.17, 15) is 9.90 Å². The molecule has 0 aromatic heterocycles. The zero-order valence-corrected chi connectivity index (χ0v) is 12.9. The van der Waals surface area contributed by atoms with Gasteiger partial charge in [0.15, 0.2) is 0 Å². The van der Waals surface area contributed by atoms with Crippen molar-refractivity contribution in [3.8, 4) is 0 Å². The van der Waals surface area contributed by atoms with Crippen molar-refractivity contribution < 1.29 is 14.6 Å². The summed E-state index contributed by atoms with van der Waals surface area (Å²) in [7, 11) is 1.78. The van der Waals surface area contributed by atoms with E-state index in [1.165, 1.54) is 32.1 Å². The Morgan fingerprint density at radius 1 is 1.10 bits per heavy atom. The second-order valence-electron chi connectivity index (χ2n) is 7.24. The lowest BCUT2D eigenvalue weighted by Gasteiger charge is -2.16. The maximum absolute atomic E-state index is 10.6. The Bertz CT molecular complexity index is 305. The Morgan fingerprint density at radius 2 is 1.65 bits per heavy atom. The molecule has 0 spiro atoms. The number of rotatable bonds is 12. The molecule has 1 unspecified atom stereocenters. The molecular formula is C17H30O3. The Balaban J connectivity index is 1.50. The molecular weight excluding hydrogens is 252 g/mol. The normalized spacial score (nSPS) is 23.3. The second kappa shape index (κ2) is 7.04. The molecule has 1 atom stereocenters. The summed E-state index contributed by atoms with van der Waals surface area (Å²) in [6.07, 6.45) is 13.0. The van der Waals surface area contributed by atoms with Gasteiger partial charge in [-0.25, -0.2) is 0 Å². The highest BCUT2D eigenvalue weighted by Crippen LogP contribution is 2.52. The van der Waals surface area contributed by atoms with Crippen LogP contribution in [-0.2, 0) is 9.53 Å². The van der Waals surface area contributed by atoms with Crippen molar-refractivity contribution in [3.63, 3.8) is 0 Å². The van der Waals surface area contributed by atoms with Gasteiger partial charge in [0, 0.05) is 13.5 Å². The summed E-state index contributed by atoms with van der Waals surface area (Å²) < 4.78 is 5.27. The molecule has 116 valence electrons. The van der Waals surface area contributed by atoms with E-state index in [-0.39, 0.29) is 6.10 Å². The Hall–Kier alpha value is -0.410. The number of aliphatic hydroxyl groups is 1. The van der Waals surface area contributed by atoms with Crippen molar-refractivity contribution in [3.05, 3.63) is 0 Å². The molecule has 2 rings (SSSR count). The summed E-state index contributed by atoms with van der Waals surface area (Å²) in [5.74, 6) is 0. The molecule has 0 radical (unpaired) electrons. The van der Waals surface area contributed by atoms with Crippen LogP contribution in [0.2, 0.25) is 0 Å². The van der Waals surface area contributed by atoms with Gasteiger partial charge in [0.25, 0.3) is 0 Å². The number of hydrogen-bond acceptors (Lipinski definition) is 3. The fourth-order valence-corrected chi connectivity index (χ4v) is 3.43. The largest absolute Gasteiger partial charge is 0.393 e. The highest BCUT2D eigenvalue weighted by molar-refractivity contribution is 5.51. The molecule has 3 heteroatoms. The van der Waals surface area contributed by atoms with Crippen LogP contribution in [0.15, 0.2) is 0 Å². The lowest BCUT2D eigenvalue weighted by Crippen LogP contribution is -2.12. The minimum Gasteiger partial charge on any atom is -0.393 e. The van der Waals surface area contributed by atoms with Crippen molar-refractivity contribution in [2.45, 2.75) is 76.7 Å². The summed E-state index contributed by atoms with van der Waals surface area (Å²) in [4.78, 5) is 10.6. The molecule has 0 heterocycles. The summed E-state index contributed by atoms with van der Waals surface area (Å²) in [5, 5.41) is 10.0. The maximum Gasteiger partial charge on any atom is 0.120 e. The fraction of sp³-hybridized carbons (Fsp3) is 0.941. The number of carbonyl (C=O) groups is 1. The van der Waals surface area contributed by atoms with Gasteiger partial charge in [0.2, 0.25) is 0 Å². The fourth-order valence-electron chi connectivity index (χ4n) is 3.43. The van der Waals surface area contributed by atoms with E-state index in [1.807, 2.05) is 0 Å². The third-order valence-electron chi connectivity index (χ3n) is 5.37. The van der Waals surface area contributed by atoms with Crippen LogP contribution in [0.1, 0.15) is 70.6 Å². The Kier molecular flexibility index (Phi) is 5.62. The van der Waals surface area contributed by atoms with E-state index in [2.05, 4.69) is 0 Å². The van der Waals surface area contributed by atoms with Gasteiger partial charge >= 0.3 is 0 Å². The van der Waals surface area contributed by atoms with Crippen molar-refractivity contribution in [2.75, 3.05) is 13.7 Å². The molecule has 2 fully saturated rings. The van der Waals surface area contributed by atoms with E-state index in [0.717, 1.165) is 51.4 Å². The number of aliphatic hydroxyl groups excluding tert-OH is 1. The molecule has 2 aliphatic rings. The molecule has 20 heavy (non-hydrogen) atoms. The lowest BCUT2D eigenvalue weighted by molar-refractivity contribution is -0.108. The van der Waals surface area contributed by atoms with Gasteiger partial charge in [0.05, 0.1) is 12.7 Å².